The van der Waals surface area contributed by atoms with Crippen molar-refractivity contribution in [3.05, 3.63) is 30.1 Å². The van der Waals surface area contributed by atoms with Crippen LogP contribution in [-0.2, 0) is 0 Å². The molecule has 3 nitrogen and oxygen atoms in total. The predicted molar refractivity (Wildman–Crippen MR) is 66.3 cm³/mol. The maximum Gasteiger partial charge on any atom is 0.0572 e. The van der Waals surface area contributed by atoms with Gasteiger partial charge in [0, 0.05) is 31.4 Å². The molecule has 1 saturated heterocycles. The molecule has 0 amide bonds. The summed E-state index contributed by atoms with van der Waals surface area (Å²) < 4.78 is 0. The SMILES string of the molecule is CNC1CCN([C@@H](C)c2ccccn2)CC1. The van der Waals surface area contributed by atoms with Crippen LogP contribution in [-0.4, -0.2) is 36.1 Å². The van der Waals surface area contributed by atoms with Gasteiger partial charge in [0.15, 0.2) is 0 Å². The van der Waals surface area contributed by atoms with E-state index in [0.29, 0.717) is 12.1 Å². The molecule has 0 unspecified atom stereocenters. The smallest absolute Gasteiger partial charge is 0.0572 e. The molecule has 1 aromatic heterocycles. The van der Waals surface area contributed by atoms with Crippen LogP contribution in [0, 0.1) is 0 Å². The number of rotatable bonds is 3. The minimum Gasteiger partial charge on any atom is -0.317 e. The van der Waals surface area contributed by atoms with Crippen molar-refractivity contribution in [2.75, 3.05) is 20.1 Å². The lowest BCUT2D eigenvalue weighted by atomic mass is 10.0. The normalized spacial score (nSPS) is 20.9. The van der Waals surface area contributed by atoms with Crippen molar-refractivity contribution in [1.29, 1.82) is 0 Å². The molecule has 1 aliphatic heterocycles. The molecule has 1 aliphatic rings. The molecule has 3 heteroatoms. The lowest BCUT2D eigenvalue weighted by Crippen LogP contribution is -2.42. The quantitative estimate of drug-likeness (QED) is 0.840. The first-order valence-corrected chi connectivity index (χ1v) is 6.13. The van der Waals surface area contributed by atoms with Crippen LogP contribution >= 0.6 is 0 Å². The summed E-state index contributed by atoms with van der Waals surface area (Å²) in [6.45, 7) is 4.59. The highest BCUT2D eigenvalue weighted by Crippen LogP contribution is 2.22. The van der Waals surface area contributed by atoms with Crippen LogP contribution < -0.4 is 5.32 Å². The fourth-order valence-corrected chi connectivity index (χ4v) is 2.39. The van der Waals surface area contributed by atoms with Crippen LogP contribution in [0.25, 0.3) is 0 Å². The number of pyridine rings is 1. The minimum absolute atomic E-state index is 0.444. The summed E-state index contributed by atoms with van der Waals surface area (Å²) in [6, 6.07) is 7.31. The van der Waals surface area contributed by atoms with Crippen molar-refractivity contribution in [1.82, 2.24) is 15.2 Å². The summed E-state index contributed by atoms with van der Waals surface area (Å²) in [5.74, 6) is 0. The fourth-order valence-electron chi connectivity index (χ4n) is 2.39. The molecule has 16 heavy (non-hydrogen) atoms. The standard InChI is InChI=1S/C13H21N3/c1-11(13-5-3-4-8-15-13)16-9-6-12(14-2)7-10-16/h3-5,8,11-12,14H,6-7,9-10H2,1-2H3/t11-/m0/s1. The zero-order chi connectivity index (χ0) is 11.4. The zero-order valence-corrected chi connectivity index (χ0v) is 10.2. The Morgan fingerprint density at radius 3 is 2.69 bits per heavy atom. The van der Waals surface area contributed by atoms with Gasteiger partial charge in [-0.1, -0.05) is 6.07 Å². The molecule has 0 aliphatic carbocycles. The first-order valence-electron chi connectivity index (χ1n) is 6.13. The Bertz CT molecular complexity index is 304. The third-order valence-electron chi connectivity index (χ3n) is 3.60. The van der Waals surface area contributed by atoms with E-state index in [-0.39, 0.29) is 0 Å². The maximum atomic E-state index is 4.44. The number of piperidine rings is 1. The zero-order valence-electron chi connectivity index (χ0n) is 10.2. The largest absolute Gasteiger partial charge is 0.317 e. The Morgan fingerprint density at radius 1 is 1.38 bits per heavy atom. The first-order chi connectivity index (χ1) is 7.81. The number of nitrogens with zero attached hydrogens (tertiary/aromatic N) is 2. The van der Waals surface area contributed by atoms with E-state index in [4.69, 9.17) is 0 Å². The second-order valence-electron chi connectivity index (χ2n) is 4.53. The Hall–Kier alpha value is -0.930. The summed E-state index contributed by atoms with van der Waals surface area (Å²) in [4.78, 5) is 6.96. The molecule has 0 radical (unpaired) electrons. The fraction of sp³-hybridized carbons (Fsp3) is 0.615. The van der Waals surface area contributed by atoms with E-state index in [9.17, 15) is 0 Å². The lowest BCUT2D eigenvalue weighted by molar-refractivity contribution is 0.153. The lowest BCUT2D eigenvalue weighted by Gasteiger charge is -2.35. The summed E-state index contributed by atoms with van der Waals surface area (Å²) in [5.41, 5.74) is 1.19. The van der Waals surface area contributed by atoms with Gasteiger partial charge in [-0.2, -0.15) is 0 Å². The van der Waals surface area contributed by atoms with Crippen molar-refractivity contribution < 1.29 is 0 Å². The molecule has 1 N–H and O–H groups in total. The highest BCUT2D eigenvalue weighted by molar-refractivity contribution is 5.08. The van der Waals surface area contributed by atoms with E-state index in [1.807, 2.05) is 12.3 Å². The molecule has 1 atom stereocenters. The van der Waals surface area contributed by atoms with Crippen LogP contribution in [0.15, 0.2) is 24.4 Å². The summed E-state index contributed by atoms with van der Waals surface area (Å²) in [5, 5.41) is 3.36. The van der Waals surface area contributed by atoms with Crippen molar-refractivity contribution in [2.24, 2.45) is 0 Å². The van der Waals surface area contributed by atoms with Gasteiger partial charge in [0.1, 0.15) is 0 Å². The van der Waals surface area contributed by atoms with Gasteiger partial charge in [0.2, 0.25) is 0 Å². The topological polar surface area (TPSA) is 28.2 Å². The van der Waals surface area contributed by atoms with Gasteiger partial charge in [-0.15, -0.1) is 0 Å². The van der Waals surface area contributed by atoms with Crippen molar-refractivity contribution in [3.8, 4) is 0 Å². The highest BCUT2D eigenvalue weighted by Gasteiger charge is 2.22. The Labute approximate surface area is 97.9 Å². The molecule has 88 valence electrons. The molecule has 1 aromatic rings. The molecular formula is C13H21N3. The van der Waals surface area contributed by atoms with Crippen LogP contribution in [0.4, 0.5) is 0 Å². The van der Waals surface area contributed by atoms with E-state index in [1.54, 1.807) is 0 Å². The summed E-state index contributed by atoms with van der Waals surface area (Å²) in [7, 11) is 2.06. The molecule has 2 rings (SSSR count). The number of nitrogens with one attached hydrogen (secondary N) is 1. The highest BCUT2D eigenvalue weighted by atomic mass is 15.2. The van der Waals surface area contributed by atoms with Crippen LogP contribution in [0.1, 0.15) is 31.5 Å². The molecule has 1 fully saturated rings. The summed E-state index contributed by atoms with van der Waals surface area (Å²) >= 11 is 0. The Morgan fingerprint density at radius 2 is 2.12 bits per heavy atom. The van der Waals surface area contributed by atoms with Crippen molar-refractivity contribution in [2.45, 2.75) is 31.8 Å². The average Bonchev–Trinajstić information content (AvgIpc) is 2.39. The van der Waals surface area contributed by atoms with E-state index < -0.39 is 0 Å². The van der Waals surface area contributed by atoms with Crippen LogP contribution in [0.2, 0.25) is 0 Å². The second kappa shape index (κ2) is 5.41. The van der Waals surface area contributed by atoms with Gasteiger partial charge in [-0.05, 0) is 38.9 Å². The number of likely N-dealkylation sites (tertiary alicyclic amines) is 1. The first kappa shape index (κ1) is 11.6. The van der Waals surface area contributed by atoms with Gasteiger partial charge in [0.05, 0.1) is 5.69 Å². The second-order valence-corrected chi connectivity index (χ2v) is 4.53. The van der Waals surface area contributed by atoms with E-state index >= 15 is 0 Å². The van der Waals surface area contributed by atoms with Crippen molar-refractivity contribution in [3.63, 3.8) is 0 Å². The Balaban J connectivity index is 1.94. The maximum absolute atomic E-state index is 4.44. The third kappa shape index (κ3) is 2.60. The van der Waals surface area contributed by atoms with E-state index in [0.717, 1.165) is 0 Å². The number of aromatic nitrogens is 1. The molecule has 0 saturated carbocycles. The van der Waals surface area contributed by atoms with E-state index in [2.05, 4.69) is 41.3 Å². The predicted octanol–water partition coefficient (Wildman–Crippen LogP) is 1.83. The minimum atomic E-state index is 0.444. The summed E-state index contributed by atoms with van der Waals surface area (Å²) in [6.07, 6.45) is 4.37. The van der Waals surface area contributed by atoms with Crippen LogP contribution in [0.3, 0.4) is 0 Å². The molecule has 0 aromatic carbocycles. The molecule has 2 heterocycles. The van der Waals surface area contributed by atoms with E-state index in [1.165, 1.54) is 31.6 Å². The number of hydrogen-bond donors (Lipinski definition) is 1. The van der Waals surface area contributed by atoms with Gasteiger partial charge in [-0.25, -0.2) is 0 Å². The van der Waals surface area contributed by atoms with Gasteiger partial charge in [0.25, 0.3) is 0 Å². The van der Waals surface area contributed by atoms with Gasteiger partial charge >= 0.3 is 0 Å². The Kier molecular flexibility index (Phi) is 3.91. The molecule has 0 bridgehead atoms. The molecular weight excluding hydrogens is 198 g/mol. The van der Waals surface area contributed by atoms with Gasteiger partial charge < -0.3 is 5.32 Å². The monoisotopic (exact) mass is 219 g/mol. The average molecular weight is 219 g/mol. The van der Waals surface area contributed by atoms with Crippen LogP contribution in [0.5, 0.6) is 0 Å². The molecule has 0 spiro atoms. The van der Waals surface area contributed by atoms with Crippen molar-refractivity contribution >= 4 is 0 Å². The third-order valence-corrected chi connectivity index (χ3v) is 3.60. The number of hydrogen-bond acceptors (Lipinski definition) is 3. The van der Waals surface area contributed by atoms with Gasteiger partial charge in [-0.3, -0.25) is 9.88 Å².